The van der Waals surface area contributed by atoms with Crippen molar-refractivity contribution < 1.29 is 17.6 Å². The van der Waals surface area contributed by atoms with Gasteiger partial charge in [0, 0.05) is 23.9 Å². The highest BCUT2D eigenvalue weighted by Crippen LogP contribution is 2.23. The molecule has 31 heavy (non-hydrogen) atoms. The van der Waals surface area contributed by atoms with Crippen molar-refractivity contribution in [2.24, 2.45) is 0 Å². The number of carbonyl (C=O) groups is 1. The van der Waals surface area contributed by atoms with Crippen LogP contribution in [0, 0.1) is 5.82 Å². The summed E-state index contributed by atoms with van der Waals surface area (Å²) in [7, 11) is -3.81. The molecule has 0 unspecified atom stereocenters. The van der Waals surface area contributed by atoms with Crippen LogP contribution in [0.2, 0.25) is 0 Å². The van der Waals surface area contributed by atoms with E-state index in [-0.39, 0.29) is 28.0 Å². The van der Waals surface area contributed by atoms with Crippen molar-refractivity contribution in [3.05, 3.63) is 89.5 Å². The molecule has 3 rings (SSSR count). The predicted octanol–water partition coefficient (Wildman–Crippen LogP) is 4.25. The Balaban J connectivity index is 1.68. The first kappa shape index (κ1) is 22.6. The number of sulfonamides is 1. The number of nitrogens with zero attached hydrogens (tertiary/aromatic N) is 1. The molecule has 0 fully saturated rings. The highest BCUT2D eigenvalue weighted by molar-refractivity contribution is 7.89. The van der Waals surface area contributed by atoms with E-state index in [1.54, 1.807) is 30.5 Å². The Morgan fingerprint density at radius 2 is 1.77 bits per heavy atom. The number of pyridine rings is 1. The van der Waals surface area contributed by atoms with Crippen LogP contribution in [0.4, 0.5) is 10.1 Å². The van der Waals surface area contributed by atoms with E-state index >= 15 is 0 Å². The third-order valence-electron chi connectivity index (χ3n) is 4.72. The average molecular weight is 442 g/mol. The third-order valence-corrected chi connectivity index (χ3v) is 6.14. The van der Waals surface area contributed by atoms with Crippen molar-refractivity contribution in [3.63, 3.8) is 0 Å². The summed E-state index contributed by atoms with van der Waals surface area (Å²) in [6, 6.07) is 13.8. The van der Waals surface area contributed by atoms with Gasteiger partial charge in [0.25, 0.3) is 5.91 Å². The van der Waals surface area contributed by atoms with Crippen LogP contribution >= 0.6 is 0 Å². The topological polar surface area (TPSA) is 88.2 Å². The molecule has 1 aromatic heterocycles. The number of anilines is 1. The molecule has 8 heteroatoms. The molecule has 0 saturated carbocycles. The number of hydrogen-bond donors (Lipinski definition) is 2. The van der Waals surface area contributed by atoms with E-state index in [2.05, 4.69) is 15.0 Å². The van der Waals surface area contributed by atoms with Crippen molar-refractivity contribution in [1.29, 1.82) is 0 Å². The zero-order chi connectivity index (χ0) is 22.6. The second-order valence-electron chi connectivity index (χ2n) is 8.10. The van der Waals surface area contributed by atoms with Gasteiger partial charge in [0.2, 0.25) is 10.0 Å². The Hall–Kier alpha value is -3.10. The van der Waals surface area contributed by atoms with Gasteiger partial charge in [-0.05, 0) is 47.4 Å². The van der Waals surface area contributed by atoms with Gasteiger partial charge < -0.3 is 5.32 Å². The molecule has 6 nitrogen and oxygen atoms in total. The van der Waals surface area contributed by atoms with Gasteiger partial charge in [0.05, 0.1) is 16.8 Å². The van der Waals surface area contributed by atoms with Gasteiger partial charge in [-0.25, -0.2) is 17.5 Å². The van der Waals surface area contributed by atoms with E-state index in [1.807, 2.05) is 20.8 Å². The summed E-state index contributed by atoms with van der Waals surface area (Å²) >= 11 is 0. The Morgan fingerprint density at radius 1 is 1.06 bits per heavy atom. The Bertz CT molecular complexity index is 1170. The van der Waals surface area contributed by atoms with Gasteiger partial charge in [-0.1, -0.05) is 39.0 Å². The molecule has 162 valence electrons. The van der Waals surface area contributed by atoms with Crippen molar-refractivity contribution in [2.75, 3.05) is 5.32 Å². The van der Waals surface area contributed by atoms with E-state index in [0.29, 0.717) is 5.69 Å². The standard InChI is InChI=1S/C23H24FN3O3S/c1-23(2,3)18-8-10-20(11-9-18)31(29,30)26-14-17-7-6-16(13-21(17)24)22(28)27-19-5-4-12-25-15-19/h4-13,15,26H,14H2,1-3H3,(H,27,28). The van der Waals surface area contributed by atoms with E-state index in [9.17, 15) is 17.6 Å². The second kappa shape index (κ2) is 8.95. The molecule has 0 aliphatic rings. The molecule has 0 aliphatic carbocycles. The lowest BCUT2D eigenvalue weighted by Gasteiger charge is -2.19. The number of amides is 1. The van der Waals surface area contributed by atoms with Crippen LogP contribution in [0.25, 0.3) is 0 Å². The van der Waals surface area contributed by atoms with E-state index in [4.69, 9.17) is 0 Å². The number of rotatable bonds is 6. The number of carbonyl (C=O) groups excluding carboxylic acids is 1. The quantitative estimate of drug-likeness (QED) is 0.599. The minimum absolute atomic E-state index is 0.0933. The first-order valence-corrected chi connectivity index (χ1v) is 11.1. The first-order valence-electron chi connectivity index (χ1n) is 9.66. The lowest BCUT2D eigenvalue weighted by atomic mass is 9.87. The fourth-order valence-corrected chi connectivity index (χ4v) is 3.87. The molecule has 0 aliphatic heterocycles. The minimum atomic E-state index is -3.81. The maximum atomic E-state index is 14.5. The van der Waals surface area contributed by atoms with E-state index in [1.165, 1.54) is 30.5 Å². The van der Waals surface area contributed by atoms with Crippen LogP contribution in [0.1, 0.15) is 42.3 Å². The fraction of sp³-hybridized carbons (Fsp3) is 0.217. The molecule has 1 heterocycles. The minimum Gasteiger partial charge on any atom is -0.321 e. The normalized spacial score (nSPS) is 11.9. The molecule has 0 saturated heterocycles. The monoisotopic (exact) mass is 441 g/mol. The van der Waals surface area contributed by atoms with Gasteiger partial charge in [-0.15, -0.1) is 0 Å². The SMILES string of the molecule is CC(C)(C)c1ccc(S(=O)(=O)NCc2ccc(C(=O)Nc3cccnc3)cc2F)cc1. The molecule has 0 spiro atoms. The molecule has 0 radical (unpaired) electrons. The lowest BCUT2D eigenvalue weighted by molar-refractivity contribution is 0.102. The number of nitrogens with one attached hydrogen (secondary N) is 2. The van der Waals surface area contributed by atoms with Crippen LogP contribution in [0.15, 0.2) is 71.9 Å². The second-order valence-corrected chi connectivity index (χ2v) is 9.87. The molecular weight excluding hydrogens is 417 g/mol. The highest BCUT2D eigenvalue weighted by Gasteiger charge is 2.18. The van der Waals surface area contributed by atoms with Crippen LogP contribution in [-0.2, 0) is 22.0 Å². The summed E-state index contributed by atoms with van der Waals surface area (Å²) in [5.41, 5.74) is 1.66. The number of benzene rings is 2. The molecule has 3 aromatic rings. The zero-order valence-electron chi connectivity index (χ0n) is 17.5. The largest absolute Gasteiger partial charge is 0.321 e. The van der Waals surface area contributed by atoms with Gasteiger partial charge in [0.15, 0.2) is 0 Å². The molecule has 0 atom stereocenters. The van der Waals surface area contributed by atoms with Crippen LogP contribution in [0.5, 0.6) is 0 Å². The van der Waals surface area contributed by atoms with Crippen molar-refractivity contribution >= 4 is 21.6 Å². The van der Waals surface area contributed by atoms with Gasteiger partial charge >= 0.3 is 0 Å². The summed E-state index contributed by atoms with van der Waals surface area (Å²) in [6.07, 6.45) is 3.05. The maximum Gasteiger partial charge on any atom is 0.255 e. The van der Waals surface area contributed by atoms with Crippen LogP contribution in [-0.4, -0.2) is 19.3 Å². The van der Waals surface area contributed by atoms with Crippen molar-refractivity contribution in [1.82, 2.24) is 9.71 Å². The number of halogens is 1. The van der Waals surface area contributed by atoms with E-state index < -0.39 is 21.7 Å². The summed E-state index contributed by atoms with van der Waals surface area (Å²) < 4.78 is 42.0. The number of aromatic nitrogens is 1. The van der Waals surface area contributed by atoms with Gasteiger partial charge in [-0.2, -0.15) is 0 Å². The van der Waals surface area contributed by atoms with Gasteiger partial charge in [0.1, 0.15) is 5.82 Å². The smallest absolute Gasteiger partial charge is 0.255 e. The Kier molecular flexibility index (Phi) is 6.52. The summed E-state index contributed by atoms with van der Waals surface area (Å²) in [6.45, 7) is 5.88. The predicted molar refractivity (Wildman–Crippen MR) is 118 cm³/mol. The van der Waals surface area contributed by atoms with Gasteiger partial charge in [-0.3, -0.25) is 9.78 Å². The number of hydrogen-bond acceptors (Lipinski definition) is 4. The molecule has 2 aromatic carbocycles. The Labute approximate surface area is 181 Å². The summed E-state index contributed by atoms with van der Waals surface area (Å²) in [4.78, 5) is 16.3. The van der Waals surface area contributed by atoms with Crippen molar-refractivity contribution in [2.45, 2.75) is 37.6 Å². The average Bonchev–Trinajstić information content (AvgIpc) is 2.73. The zero-order valence-corrected chi connectivity index (χ0v) is 18.3. The summed E-state index contributed by atoms with van der Waals surface area (Å²) in [5.74, 6) is -1.16. The van der Waals surface area contributed by atoms with E-state index in [0.717, 1.165) is 11.6 Å². The van der Waals surface area contributed by atoms with Crippen molar-refractivity contribution in [3.8, 4) is 0 Å². The lowest BCUT2D eigenvalue weighted by Crippen LogP contribution is -2.24. The fourth-order valence-electron chi connectivity index (χ4n) is 2.86. The first-order chi connectivity index (χ1) is 14.6. The highest BCUT2D eigenvalue weighted by atomic mass is 32.2. The maximum absolute atomic E-state index is 14.5. The summed E-state index contributed by atoms with van der Waals surface area (Å²) in [5, 5.41) is 2.62. The third kappa shape index (κ3) is 5.74. The molecule has 2 N–H and O–H groups in total. The molecule has 0 bridgehead atoms. The molecule has 1 amide bonds. The van der Waals surface area contributed by atoms with Crippen LogP contribution in [0.3, 0.4) is 0 Å². The van der Waals surface area contributed by atoms with Crippen LogP contribution < -0.4 is 10.0 Å². The Morgan fingerprint density at radius 3 is 2.35 bits per heavy atom. The molecular formula is C23H24FN3O3S.